The molecule has 0 spiro atoms. The van der Waals surface area contributed by atoms with E-state index < -0.39 is 0 Å². The van der Waals surface area contributed by atoms with Crippen molar-refractivity contribution < 1.29 is 9.53 Å². The first-order valence-electron chi connectivity index (χ1n) is 4.36. The van der Waals surface area contributed by atoms with E-state index in [2.05, 4.69) is 6.07 Å². The Hall–Kier alpha value is -1.82. The minimum Gasteiger partial charge on any atom is -0.427 e. The average molecular weight is 189 g/mol. The number of ether oxygens (including phenoxy) is 1. The molecule has 3 nitrogen and oxygen atoms in total. The molecular formula is C11H11NO2. The summed E-state index contributed by atoms with van der Waals surface area (Å²) in [4.78, 5) is 10.6. The lowest BCUT2D eigenvalue weighted by Crippen LogP contribution is -2.01. The molecule has 72 valence electrons. The van der Waals surface area contributed by atoms with Crippen LogP contribution >= 0.6 is 0 Å². The third-order valence-electron chi connectivity index (χ3n) is 1.71. The summed E-state index contributed by atoms with van der Waals surface area (Å²) in [6, 6.07) is 9.25. The van der Waals surface area contributed by atoms with Gasteiger partial charge in [0.25, 0.3) is 0 Å². The van der Waals surface area contributed by atoms with Crippen LogP contribution in [0.5, 0.6) is 5.75 Å². The first-order valence-corrected chi connectivity index (χ1v) is 4.36. The zero-order valence-corrected chi connectivity index (χ0v) is 7.99. The number of nitrogens with zero attached hydrogens (tertiary/aromatic N) is 1. The van der Waals surface area contributed by atoms with Gasteiger partial charge in [-0.3, -0.25) is 4.79 Å². The molecule has 0 saturated heterocycles. The van der Waals surface area contributed by atoms with Gasteiger partial charge in [0, 0.05) is 13.3 Å². The van der Waals surface area contributed by atoms with E-state index in [4.69, 9.17) is 10.00 Å². The fraction of sp³-hybridized carbons (Fsp3) is 0.273. The molecule has 0 atom stereocenters. The highest BCUT2D eigenvalue weighted by molar-refractivity contribution is 5.69. The Labute approximate surface area is 82.9 Å². The van der Waals surface area contributed by atoms with Gasteiger partial charge in [-0.1, -0.05) is 12.1 Å². The van der Waals surface area contributed by atoms with E-state index in [1.807, 2.05) is 12.1 Å². The fourth-order valence-electron chi connectivity index (χ4n) is 1.09. The number of hydrogen-bond acceptors (Lipinski definition) is 3. The maximum absolute atomic E-state index is 10.6. The van der Waals surface area contributed by atoms with E-state index in [-0.39, 0.29) is 5.97 Å². The second kappa shape index (κ2) is 5.03. The van der Waals surface area contributed by atoms with Crippen molar-refractivity contribution in [2.45, 2.75) is 19.8 Å². The summed E-state index contributed by atoms with van der Waals surface area (Å²) in [6.45, 7) is 1.36. The first-order chi connectivity index (χ1) is 6.72. The van der Waals surface area contributed by atoms with Gasteiger partial charge in [-0.25, -0.2) is 0 Å². The molecule has 0 radical (unpaired) electrons. The first kappa shape index (κ1) is 10.3. The summed E-state index contributed by atoms with van der Waals surface area (Å²) in [5, 5.41) is 8.38. The van der Waals surface area contributed by atoms with Gasteiger partial charge in [-0.2, -0.15) is 5.26 Å². The molecular weight excluding hydrogens is 178 g/mol. The van der Waals surface area contributed by atoms with Gasteiger partial charge in [-0.05, 0) is 24.1 Å². The minimum atomic E-state index is -0.324. The zero-order chi connectivity index (χ0) is 10.4. The predicted octanol–water partition coefficient (Wildman–Crippen LogP) is 2.07. The topological polar surface area (TPSA) is 50.1 Å². The van der Waals surface area contributed by atoms with Crippen LogP contribution in [0.25, 0.3) is 0 Å². The Balaban J connectivity index is 2.60. The number of carbonyl (C=O) groups excluding carboxylic acids is 1. The van der Waals surface area contributed by atoms with E-state index in [9.17, 15) is 4.79 Å². The Morgan fingerprint density at radius 2 is 2.07 bits per heavy atom. The number of hydrogen-bond donors (Lipinski definition) is 0. The molecule has 0 amide bonds. The SMILES string of the molecule is CC(=O)Oc1ccc(CCC#N)cc1. The molecule has 0 aliphatic rings. The van der Waals surface area contributed by atoms with E-state index in [1.165, 1.54) is 6.92 Å². The molecule has 0 aliphatic heterocycles. The largest absolute Gasteiger partial charge is 0.427 e. The van der Waals surface area contributed by atoms with Crippen LogP contribution in [0.4, 0.5) is 0 Å². The molecule has 0 bridgehead atoms. The summed E-state index contributed by atoms with van der Waals surface area (Å²) in [6.07, 6.45) is 1.24. The van der Waals surface area contributed by atoms with Crippen molar-refractivity contribution in [1.82, 2.24) is 0 Å². The van der Waals surface area contributed by atoms with Crippen molar-refractivity contribution in [2.24, 2.45) is 0 Å². The van der Waals surface area contributed by atoms with Crippen molar-refractivity contribution in [3.8, 4) is 11.8 Å². The van der Waals surface area contributed by atoms with Gasteiger partial charge in [0.2, 0.25) is 0 Å². The van der Waals surface area contributed by atoms with Crippen LogP contribution < -0.4 is 4.74 Å². The number of rotatable bonds is 3. The minimum absolute atomic E-state index is 0.324. The zero-order valence-electron chi connectivity index (χ0n) is 7.99. The molecule has 0 saturated carbocycles. The Morgan fingerprint density at radius 3 is 2.57 bits per heavy atom. The lowest BCUT2D eigenvalue weighted by atomic mass is 10.1. The van der Waals surface area contributed by atoms with Crippen LogP contribution in [0.2, 0.25) is 0 Å². The summed E-state index contributed by atoms with van der Waals surface area (Å²) >= 11 is 0. The van der Waals surface area contributed by atoms with Crippen LogP contribution in [0.1, 0.15) is 18.9 Å². The van der Waals surface area contributed by atoms with Crippen LogP contribution in [0, 0.1) is 11.3 Å². The number of benzene rings is 1. The van der Waals surface area contributed by atoms with Crippen molar-refractivity contribution in [1.29, 1.82) is 5.26 Å². The molecule has 0 aromatic heterocycles. The third kappa shape index (κ3) is 3.28. The Morgan fingerprint density at radius 1 is 1.43 bits per heavy atom. The van der Waals surface area contributed by atoms with E-state index in [0.29, 0.717) is 12.2 Å². The summed E-state index contributed by atoms with van der Waals surface area (Å²) < 4.78 is 4.87. The van der Waals surface area contributed by atoms with E-state index >= 15 is 0 Å². The van der Waals surface area contributed by atoms with Crippen molar-refractivity contribution in [3.05, 3.63) is 29.8 Å². The standard InChI is InChI=1S/C11H11NO2/c1-9(13)14-11-6-4-10(5-7-11)3-2-8-12/h4-7H,2-3H2,1H3. The second-order valence-corrected chi connectivity index (χ2v) is 2.90. The normalized spacial score (nSPS) is 9.14. The summed E-state index contributed by atoms with van der Waals surface area (Å²) in [5.74, 6) is 0.216. The number of carbonyl (C=O) groups is 1. The van der Waals surface area contributed by atoms with Crippen LogP contribution in [0.3, 0.4) is 0 Å². The number of nitriles is 1. The van der Waals surface area contributed by atoms with Crippen LogP contribution in [-0.2, 0) is 11.2 Å². The highest BCUT2D eigenvalue weighted by atomic mass is 16.5. The molecule has 0 aliphatic carbocycles. The molecule has 3 heteroatoms. The van der Waals surface area contributed by atoms with Crippen LogP contribution in [-0.4, -0.2) is 5.97 Å². The average Bonchev–Trinajstić information content (AvgIpc) is 2.16. The van der Waals surface area contributed by atoms with Crippen molar-refractivity contribution in [3.63, 3.8) is 0 Å². The van der Waals surface area contributed by atoms with Gasteiger partial charge in [-0.15, -0.1) is 0 Å². The lowest BCUT2D eigenvalue weighted by Gasteiger charge is -2.01. The Bertz CT molecular complexity index is 349. The molecule has 1 aromatic carbocycles. The lowest BCUT2D eigenvalue weighted by molar-refractivity contribution is -0.131. The van der Waals surface area contributed by atoms with Gasteiger partial charge in [0.05, 0.1) is 6.07 Å². The monoisotopic (exact) mass is 189 g/mol. The van der Waals surface area contributed by atoms with Gasteiger partial charge < -0.3 is 4.74 Å². The third-order valence-corrected chi connectivity index (χ3v) is 1.71. The molecule has 14 heavy (non-hydrogen) atoms. The predicted molar refractivity (Wildman–Crippen MR) is 51.7 cm³/mol. The van der Waals surface area contributed by atoms with E-state index in [0.717, 1.165) is 12.0 Å². The van der Waals surface area contributed by atoms with Crippen LogP contribution in [0.15, 0.2) is 24.3 Å². The Kier molecular flexibility index (Phi) is 3.69. The molecule has 1 rings (SSSR count). The number of esters is 1. The van der Waals surface area contributed by atoms with Gasteiger partial charge >= 0.3 is 5.97 Å². The quantitative estimate of drug-likeness (QED) is 0.540. The highest BCUT2D eigenvalue weighted by Crippen LogP contribution is 2.13. The molecule has 0 heterocycles. The fourth-order valence-corrected chi connectivity index (χ4v) is 1.09. The maximum Gasteiger partial charge on any atom is 0.308 e. The van der Waals surface area contributed by atoms with Crippen molar-refractivity contribution in [2.75, 3.05) is 0 Å². The molecule has 0 fully saturated rings. The van der Waals surface area contributed by atoms with E-state index in [1.54, 1.807) is 12.1 Å². The van der Waals surface area contributed by atoms with Crippen molar-refractivity contribution >= 4 is 5.97 Å². The number of aryl methyl sites for hydroxylation is 1. The second-order valence-electron chi connectivity index (χ2n) is 2.90. The highest BCUT2D eigenvalue weighted by Gasteiger charge is 1.97. The summed E-state index contributed by atoms with van der Waals surface area (Å²) in [5.41, 5.74) is 1.07. The maximum atomic E-state index is 10.6. The summed E-state index contributed by atoms with van der Waals surface area (Å²) in [7, 11) is 0. The van der Waals surface area contributed by atoms with Gasteiger partial charge in [0.1, 0.15) is 5.75 Å². The molecule has 0 unspecified atom stereocenters. The molecule has 1 aromatic rings. The van der Waals surface area contributed by atoms with Gasteiger partial charge in [0.15, 0.2) is 0 Å². The smallest absolute Gasteiger partial charge is 0.308 e. The molecule has 0 N–H and O–H groups in total.